The van der Waals surface area contributed by atoms with Gasteiger partial charge in [-0.2, -0.15) is 5.26 Å². The Bertz CT molecular complexity index is 1020. The summed E-state index contributed by atoms with van der Waals surface area (Å²) in [5.41, 5.74) is 2.62. The third-order valence-electron chi connectivity index (χ3n) is 4.09. The molecule has 2 aromatic carbocycles. The first-order valence-electron chi connectivity index (χ1n) is 8.78. The molecule has 0 aliphatic rings. The van der Waals surface area contributed by atoms with E-state index in [1.54, 1.807) is 17.0 Å². The number of hydrogen-bond donors (Lipinski definition) is 0. The van der Waals surface area contributed by atoms with Gasteiger partial charge in [-0.3, -0.25) is 9.69 Å². The molecule has 0 atom stereocenters. The quantitative estimate of drug-likeness (QED) is 0.388. The Morgan fingerprint density at radius 2 is 2.00 bits per heavy atom. The van der Waals surface area contributed by atoms with Crippen molar-refractivity contribution in [3.8, 4) is 17.3 Å². The van der Waals surface area contributed by atoms with Crippen molar-refractivity contribution in [2.24, 2.45) is 0 Å². The summed E-state index contributed by atoms with van der Waals surface area (Å²) in [6.45, 7) is 0.511. The molecule has 1 heterocycles. The lowest BCUT2D eigenvalue weighted by Gasteiger charge is -2.19. The van der Waals surface area contributed by atoms with E-state index in [0.717, 1.165) is 11.1 Å². The molecule has 4 nitrogen and oxygen atoms in total. The number of aromatic nitrogens is 1. The van der Waals surface area contributed by atoms with Gasteiger partial charge in [-0.15, -0.1) is 23.1 Å². The predicted molar refractivity (Wildman–Crippen MR) is 123 cm³/mol. The number of nitrogens with zero attached hydrogens (tertiary/aromatic N) is 3. The number of halogens is 2. The van der Waals surface area contributed by atoms with E-state index in [2.05, 4.69) is 4.98 Å². The lowest BCUT2D eigenvalue weighted by atomic mass is 10.1. The zero-order valence-corrected chi connectivity index (χ0v) is 18.5. The molecule has 0 spiro atoms. The van der Waals surface area contributed by atoms with Crippen LogP contribution in [0.25, 0.3) is 11.3 Å². The largest absolute Gasteiger partial charge is 0.287 e. The minimum atomic E-state index is -0.0655. The zero-order chi connectivity index (χ0) is 20.6. The fourth-order valence-corrected chi connectivity index (χ4v) is 4.58. The van der Waals surface area contributed by atoms with Crippen LogP contribution in [0.3, 0.4) is 0 Å². The molecule has 0 bridgehead atoms. The maximum atomic E-state index is 12.8. The van der Waals surface area contributed by atoms with Crippen LogP contribution in [0.4, 0.5) is 5.13 Å². The topological polar surface area (TPSA) is 57.0 Å². The first-order chi connectivity index (χ1) is 14.1. The second-order valence-electron chi connectivity index (χ2n) is 6.07. The third-order valence-corrected chi connectivity index (χ3v) is 6.29. The molecule has 1 aromatic heterocycles. The summed E-state index contributed by atoms with van der Waals surface area (Å²) in [6.07, 6.45) is 0.714. The van der Waals surface area contributed by atoms with E-state index in [-0.39, 0.29) is 17.4 Å². The Labute approximate surface area is 188 Å². The maximum absolute atomic E-state index is 12.8. The second-order valence-corrected chi connectivity index (χ2v) is 8.74. The van der Waals surface area contributed by atoms with Crippen molar-refractivity contribution in [1.82, 2.24) is 4.98 Å². The number of rotatable bonds is 8. The van der Waals surface area contributed by atoms with Crippen LogP contribution in [0.1, 0.15) is 5.56 Å². The number of carbonyl (C=O) groups excluding carboxylic acids is 1. The summed E-state index contributed by atoms with van der Waals surface area (Å²) in [5, 5.41) is 12.3. The minimum absolute atomic E-state index is 0.0655. The number of thiazole rings is 1. The highest BCUT2D eigenvalue weighted by molar-refractivity contribution is 8.00. The van der Waals surface area contributed by atoms with Gasteiger partial charge in [0.25, 0.3) is 0 Å². The highest BCUT2D eigenvalue weighted by Gasteiger charge is 2.20. The number of thioether (sulfide) groups is 1. The summed E-state index contributed by atoms with van der Waals surface area (Å²) in [7, 11) is 0. The second kappa shape index (κ2) is 10.7. The SMILES string of the molecule is N#CCSCC(=O)N(CCc1ccccc1)c1nc(-c2ccc(Cl)cc2Cl)cs1. The molecule has 0 aliphatic heterocycles. The first-order valence-corrected chi connectivity index (χ1v) is 11.6. The molecule has 0 aliphatic carbocycles. The first kappa shape index (κ1) is 21.7. The minimum Gasteiger partial charge on any atom is -0.287 e. The van der Waals surface area contributed by atoms with Crippen molar-refractivity contribution < 1.29 is 4.79 Å². The monoisotopic (exact) mass is 461 g/mol. The number of hydrogen-bond acceptors (Lipinski definition) is 5. The van der Waals surface area contributed by atoms with Gasteiger partial charge in [-0.25, -0.2) is 4.98 Å². The van der Waals surface area contributed by atoms with E-state index in [9.17, 15) is 4.79 Å². The van der Waals surface area contributed by atoms with Gasteiger partial charge in [0, 0.05) is 22.5 Å². The number of carbonyl (C=O) groups is 1. The van der Waals surface area contributed by atoms with Crippen molar-refractivity contribution in [3.05, 3.63) is 69.5 Å². The standard InChI is InChI=1S/C21H17Cl2N3OS2/c22-16-6-7-17(18(23)12-16)19-13-29-21(25-19)26(20(27)14-28-11-9-24)10-8-15-4-2-1-3-5-15/h1-7,12-13H,8,10-11,14H2. The van der Waals surface area contributed by atoms with Crippen LogP contribution in [0.2, 0.25) is 10.0 Å². The van der Waals surface area contributed by atoms with E-state index in [0.29, 0.717) is 33.8 Å². The van der Waals surface area contributed by atoms with Crippen LogP contribution in [0.15, 0.2) is 53.9 Å². The Hall–Kier alpha value is -2.04. The molecule has 0 N–H and O–H groups in total. The van der Waals surface area contributed by atoms with Crippen molar-refractivity contribution >= 4 is 57.3 Å². The highest BCUT2D eigenvalue weighted by Crippen LogP contribution is 2.33. The van der Waals surface area contributed by atoms with Crippen LogP contribution in [-0.4, -0.2) is 28.9 Å². The summed E-state index contributed by atoms with van der Waals surface area (Å²) in [4.78, 5) is 19.2. The van der Waals surface area contributed by atoms with E-state index in [4.69, 9.17) is 28.5 Å². The van der Waals surface area contributed by atoms with Gasteiger partial charge in [0.2, 0.25) is 5.91 Å². The van der Waals surface area contributed by atoms with E-state index in [1.165, 1.54) is 23.1 Å². The summed E-state index contributed by atoms with van der Waals surface area (Å²) in [5.74, 6) is 0.449. The molecule has 8 heteroatoms. The molecule has 0 radical (unpaired) electrons. The van der Waals surface area contributed by atoms with Crippen LogP contribution < -0.4 is 4.90 Å². The average Bonchev–Trinajstić information content (AvgIpc) is 3.18. The van der Waals surface area contributed by atoms with Gasteiger partial charge in [0.1, 0.15) is 0 Å². The zero-order valence-electron chi connectivity index (χ0n) is 15.3. The molecule has 0 saturated heterocycles. The van der Waals surface area contributed by atoms with Gasteiger partial charge < -0.3 is 0 Å². The Kier molecular flexibility index (Phi) is 7.96. The Morgan fingerprint density at radius 1 is 1.21 bits per heavy atom. The van der Waals surface area contributed by atoms with E-state index >= 15 is 0 Å². The molecule has 148 valence electrons. The van der Waals surface area contributed by atoms with Crippen LogP contribution in [0.5, 0.6) is 0 Å². The lowest BCUT2D eigenvalue weighted by molar-refractivity contribution is -0.116. The fraction of sp³-hybridized carbons (Fsp3) is 0.190. The van der Waals surface area contributed by atoms with E-state index < -0.39 is 0 Å². The highest BCUT2D eigenvalue weighted by atomic mass is 35.5. The van der Waals surface area contributed by atoms with Gasteiger partial charge in [0.15, 0.2) is 5.13 Å². The van der Waals surface area contributed by atoms with Gasteiger partial charge in [0.05, 0.1) is 28.3 Å². The van der Waals surface area contributed by atoms with Crippen LogP contribution >= 0.6 is 46.3 Å². The molecule has 0 unspecified atom stereocenters. The smallest absolute Gasteiger partial charge is 0.238 e. The van der Waals surface area contributed by atoms with Gasteiger partial charge in [-0.1, -0.05) is 53.5 Å². The van der Waals surface area contributed by atoms with Crippen LogP contribution in [0, 0.1) is 11.3 Å². The van der Waals surface area contributed by atoms with E-state index in [1.807, 2.05) is 47.8 Å². The molecule has 0 saturated carbocycles. The van der Waals surface area contributed by atoms with Gasteiger partial charge >= 0.3 is 0 Å². The summed E-state index contributed by atoms with van der Waals surface area (Å²) < 4.78 is 0. The number of amides is 1. The molecule has 1 amide bonds. The van der Waals surface area contributed by atoms with Crippen LogP contribution in [-0.2, 0) is 11.2 Å². The Morgan fingerprint density at radius 3 is 2.72 bits per heavy atom. The maximum Gasteiger partial charge on any atom is 0.238 e. The predicted octanol–water partition coefficient (Wildman–Crippen LogP) is 5.95. The molecule has 0 fully saturated rings. The number of anilines is 1. The van der Waals surface area contributed by atoms with Crippen molar-refractivity contribution in [2.45, 2.75) is 6.42 Å². The summed E-state index contributed by atoms with van der Waals surface area (Å²) in [6, 6.07) is 17.3. The molecule has 3 rings (SSSR count). The molecular formula is C21H17Cl2N3OS2. The molecular weight excluding hydrogens is 445 g/mol. The lowest BCUT2D eigenvalue weighted by Crippen LogP contribution is -2.34. The fourth-order valence-electron chi connectivity index (χ4n) is 2.68. The van der Waals surface area contributed by atoms with Crippen molar-refractivity contribution in [3.63, 3.8) is 0 Å². The molecule has 29 heavy (non-hydrogen) atoms. The average molecular weight is 462 g/mol. The number of nitriles is 1. The number of benzene rings is 2. The normalized spacial score (nSPS) is 10.5. The van der Waals surface area contributed by atoms with Gasteiger partial charge in [-0.05, 0) is 30.2 Å². The summed E-state index contributed by atoms with van der Waals surface area (Å²) >= 11 is 15.0. The third kappa shape index (κ3) is 5.97. The molecule has 3 aromatic rings. The Balaban J connectivity index is 1.82. The van der Waals surface area contributed by atoms with Crippen molar-refractivity contribution in [2.75, 3.05) is 23.0 Å². The van der Waals surface area contributed by atoms with Crippen molar-refractivity contribution in [1.29, 1.82) is 5.26 Å².